The fraction of sp³-hybridized carbons (Fsp3) is 0.250. The van der Waals surface area contributed by atoms with Crippen molar-refractivity contribution in [2.24, 2.45) is 5.84 Å². The van der Waals surface area contributed by atoms with E-state index in [-0.39, 0.29) is 17.6 Å². The molecule has 1 unspecified atom stereocenters. The summed E-state index contributed by atoms with van der Waals surface area (Å²) in [5.74, 6) is 5.47. The van der Waals surface area contributed by atoms with Crippen LogP contribution in [0.5, 0.6) is 5.75 Å². The second-order valence-corrected chi connectivity index (χ2v) is 5.31. The highest BCUT2D eigenvalue weighted by Crippen LogP contribution is 2.19. The van der Waals surface area contributed by atoms with E-state index in [9.17, 15) is 4.39 Å². The van der Waals surface area contributed by atoms with E-state index in [1.54, 1.807) is 6.07 Å². The molecule has 1 atom stereocenters. The van der Waals surface area contributed by atoms with Crippen LogP contribution in [0.1, 0.15) is 11.1 Å². The number of hydrazine groups is 1. The Morgan fingerprint density at radius 1 is 1.19 bits per heavy atom. The highest BCUT2D eigenvalue weighted by Gasteiger charge is 2.11. The Bertz CT molecular complexity index is 607. The molecule has 0 saturated heterocycles. The van der Waals surface area contributed by atoms with E-state index in [2.05, 4.69) is 5.43 Å². The fourth-order valence-electron chi connectivity index (χ4n) is 2.26. The van der Waals surface area contributed by atoms with E-state index >= 15 is 0 Å². The van der Waals surface area contributed by atoms with Crippen molar-refractivity contribution in [2.75, 3.05) is 7.11 Å². The van der Waals surface area contributed by atoms with Crippen molar-refractivity contribution in [1.29, 1.82) is 0 Å². The van der Waals surface area contributed by atoms with Crippen molar-refractivity contribution in [1.82, 2.24) is 5.43 Å². The van der Waals surface area contributed by atoms with Crippen LogP contribution >= 0.6 is 11.6 Å². The van der Waals surface area contributed by atoms with Gasteiger partial charge in [0, 0.05) is 11.1 Å². The summed E-state index contributed by atoms with van der Waals surface area (Å²) in [4.78, 5) is 0. The van der Waals surface area contributed by atoms with Crippen LogP contribution in [0, 0.1) is 5.82 Å². The monoisotopic (exact) mass is 308 g/mol. The number of nitrogens with one attached hydrogen (secondary N) is 1. The fourth-order valence-corrected chi connectivity index (χ4v) is 2.47. The van der Waals surface area contributed by atoms with E-state index in [0.717, 1.165) is 11.1 Å². The SMILES string of the molecule is COc1ccc(CC(Cc2cccc(Cl)c2)NN)cc1F. The standard InChI is InChI=1S/C16H18ClFN2O/c1-21-16-6-5-12(10-15(16)18)9-14(20-19)8-11-3-2-4-13(17)7-11/h2-7,10,14,20H,8-9,19H2,1H3. The molecule has 2 rings (SSSR count). The molecule has 112 valence electrons. The summed E-state index contributed by atoms with van der Waals surface area (Å²) < 4.78 is 18.6. The molecule has 0 bridgehead atoms. The zero-order valence-electron chi connectivity index (χ0n) is 11.8. The van der Waals surface area contributed by atoms with Gasteiger partial charge in [0.2, 0.25) is 0 Å². The van der Waals surface area contributed by atoms with Gasteiger partial charge >= 0.3 is 0 Å². The third kappa shape index (κ3) is 4.43. The lowest BCUT2D eigenvalue weighted by atomic mass is 9.99. The van der Waals surface area contributed by atoms with Gasteiger partial charge in [-0.2, -0.15) is 0 Å². The van der Waals surface area contributed by atoms with Gasteiger partial charge in [-0.25, -0.2) is 4.39 Å². The minimum atomic E-state index is -0.367. The lowest BCUT2D eigenvalue weighted by Gasteiger charge is -2.16. The second kappa shape index (κ2) is 7.41. The van der Waals surface area contributed by atoms with Gasteiger partial charge in [0.15, 0.2) is 11.6 Å². The molecule has 0 saturated carbocycles. The predicted octanol–water partition coefficient (Wildman–Crippen LogP) is 3.10. The number of rotatable bonds is 6. The minimum Gasteiger partial charge on any atom is -0.494 e. The maximum atomic E-state index is 13.7. The van der Waals surface area contributed by atoms with Crippen LogP contribution in [0.15, 0.2) is 42.5 Å². The van der Waals surface area contributed by atoms with Crippen molar-refractivity contribution in [2.45, 2.75) is 18.9 Å². The lowest BCUT2D eigenvalue weighted by Crippen LogP contribution is -2.38. The Labute approximate surface area is 128 Å². The number of methoxy groups -OCH3 is 1. The number of hydrogen-bond donors (Lipinski definition) is 2. The number of halogens is 2. The smallest absolute Gasteiger partial charge is 0.165 e. The zero-order valence-corrected chi connectivity index (χ0v) is 12.5. The lowest BCUT2D eigenvalue weighted by molar-refractivity contribution is 0.386. The van der Waals surface area contributed by atoms with E-state index in [0.29, 0.717) is 17.9 Å². The molecule has 0 aliphatic heterocycles. The third-order valence-electron chi connectivity index (χ3n) is 3.31. The summed E-state index contributed by atoms with van der Waals surface area (Å²) in [6, 6.07) is 12.6. The van der Waals surface area contributed by atoms with E-state index < -0.39 is 0 Å². The van der Waals surface area contributed by atoms with E-state index in [1.807, 2.05) is 30.3 Å². The molecular weight excluding hydrogens is 291 g/mol. The number of hydrogen-bond acceptors (Lipinski definition) is 3. The molecule has 2 aromatic carbocycles. The largest absolute Gasteiger partial charge is 0.494 e. The summed E-state index contributed by atoms with van der Waals surface area (Å²) >= 11 is 5.97. The summed E-state index contributed by atoms with van der Waals surface area (Å²) in [6.07, 6.45) is 1.33. The molecule has 21 heavy (non-hydrogen) atoms. The van der Waals surface area contributed by atoms with Gasteiger partial charge in [0.25, 0.3) is 0 Å². The van der Waals surface area contributed by atoms with Gasteiger partial charge < -0.3 is 4.74 Å². The van der Waals surface area contributed by atoms with Gasteiger partial charge in [-0.1, -0.05) is 29.8 Å². The molecule has 5 heteroatoms. The van der Waals surface area contributed by atoms with E-state index in [1.165, 1.54) is 13.2 Å². The van der Waals surface area contributed by atoms with Gasteiger partial charge in [-0.15, -0.1) is 0 Å². The summed E-state index contributed by atoms with van der Waals surface area (Å²) in [5.41, 5.74) is 4.71. The van der Waals surface area contributed by atoms with Crippen molar-refractivity contribution in [3.63, 3.8) is 0 Å². The first-order valence-corrected chi connectivity index (χ1v) is 7.03. The van der Waals surface area contributed by atoms with Crippen LogP contribution < -0.4 is 16.0 Å². The molecule has 0 spiro atoms. The first-order chi connectivity index (χ1) is 10.1. The number of nitrogens with two attached hydrogens (primary N) is 1. The summed E-state index contributed by atoms with van der Waals surface area (Å²) in [5, 5.41) is 0.693. The normalized spacial score (nSPS) is 12.2. The molecule has 0 aliphatic carbocycles. The zero-order chi connectivity index (χ0) is 15.2. The van der Waals surface area contributed by atoms with Crippen LogP contribution in [0.4, 0.5) is 4.39 Å². The van der Waals surface area contributed by atoms with Gasteiger partial charge in [-0.3, -0.25) is 11.3 Å². The van der Waals surface area contributed by atoms with E-state index in [4.69, 9.17) is 22.2 Å². The van der Waals surface area contributed by atoms with Crippen molar-refractivity contribution < 1.29 is 9.13 Å². The average Bonchev–Trinajstić information content (AvgIpc) is 2.47. The van der Waals surface area contributed by atoms with Gasteiger partial charge in [-0.05, 0) is 48.2 Å². The maximum absolute atomic E-state index is 13.7. The molecule has 0 aromatic heterocycles. The molecular formula is C16H18ClFN2O. The Hall–Kier alpha value is -1.62. The third-order valence-corrected chi connectivity index (χ3v) is 3.54. The molecule has 0 radical (unpaired) electrons. The molecule has 3 nitrogen and oxygen atoms in total. The molecule has 0 amide bonds. The molecule has 0 fully saturated rings. The molecule has 0 aliphatic rings. The summed E-state index contributed by atoms with van der Waals surface area (Å²) in [7, 11) is 1.45. The molecule has 3 N–H and O–H groups in total. The van der Waals surface area contributed by atoms with Crippen molar-refractivity contribution >= 4 is 11.6 Å². The quantitative estimate of drug-likeness (QED) is 0.637. The second-order valence-electron chi connectivity index (χ2n) is 4.87. The first-order valence-electron chi connectivity index (χ1n) is 6.65. The molecule has 0 heterocycles. The Balaban J connectivity index is 2.07. The number of benzene rings is 2. The highest BCUT2D eigenvalue weighted by atomic mass is 35.5. The van der Waals surface area contributed by atoms with Crippen LogP contribution in [0.2, 0.25) is 5.02 Å². The minimum absolute atomic E-state index is 0.00346. The average molecular weight is 309 g/mol. The first kappa shape index (κ1) is 15.8. The van der Waals surface area contributed by atoms with Crippen LogP contribution in [-0.2, 0) is 12.8 Å². The maximum Gasteiger partial charge on any atom is 0.165 e. The topological polar surface area (TPSA) is 47.3 Å². The van der Waals surface area contributed by atoms with Crippen LogP contribution in [0.25, 0.3) is 0 Å². The summed E-state index contributed by atoms with van der Waals surface area (Å²) in [6.45, 7) is 0. The number of ether oxygens (including phenoxy) is 1. The van der Waals surface area contributed by atoms with Gasteiger partial charge in [0.1, 0.15) is 0 Å². The van der Waals surface area contributed by atoms with Crippen molar-refractivity contribution in [3.8, 4) is 5.75 Å². The molecule has 2 aromatic rings. The van der Waals surface area contributed by atoms with Gasteiger partial charge in [0.05, 0.1) is 7.11 Å². The Morgan fingerprint density at radius 2 is 1.90 bits per heavy atom. The predicted molar refractivity (Wildman–Crippen MR) is 82.9 cm³/mol. The van der Waals surface area contributed by atoms with Crippen LogP contribution in [-0.4, -0.2) is 13.2 Å². The van der Waals surface area contributed by atoms with Crippen LogP contribution in [0.3, 0.4) is 0 Å². The van der Waals surface area contributed by atoms with Crippen molar-refractivity contribution in [3.05, 3.63) is 64.4 Å². The Kier molecular flexibility index (Phi) is 5.56. The highest BCUT2D eigenvalue weighted by molar-refractivity contribution is 6.30. The Morgan fingerprint density at radius 3 is 2.48 bits per heavy atom.